The maximum Gasteiger partial charge on any atom is 0.407 e. The third kappa shape index (κ3) is 5.73. The molecular formula is C16H21Cl3N4O7. The zero-order valence-corrected chi connectivity index (χ0v) is 18.0. The van der Waals surface area contributed by atoms with Gasteiger partial charge in [0.2, 0.25) is 10.1 Å². The first-order valence-electron chi connectivity index (χ1n) is 9.43. The van der Waals surface area contributed by atoms with E-state index in [9.17, 15) is 9.59 Å². The molecule has 1 amide bonds. The highest BCUT2D eigenvalue weighted by Gasteiger charge is 2.58. The van der Waals surface area contributed by atoms with Crippen molar-refractivity contribution in [2.75, 3.05) is 6.61 Å². The number of amides is 1. The van der Waals surface area contributed by atoms with Gasteiger partial charge in [-0.1, -0.05) is 59.2 Å². The van der Waals surface area contributed by atoms with Crippen molar-refractivity contribution in [3.8, 4) is 0 Å². The van der Waals surface area contributed by atoms with Crippen LogP contribution in [0.25, 0.3) is 10.4 Å². The Bertz CT molecular complexity index is 670. The van der Waals surface area contributed by atoms with Gasteiger partial charge in [0, 0.05) is 11.0 Å². The molecule has 3 aliphatic rings. The molecule has 2 aliphatic heterocycles. The highest BCUT2D eigenvalue weighted by atomic mass is 35.6. The van der Waals surface area contributed by atoms with Crippen LogP contribution < -0.4 is 5.32 Å². The minimum absolute atomic E-state index is 0.00170. The summed E-state index contributed by atoms with van der Waals surface area (Å²) < 4.78 is 25.3. The first kappa shape index (κ1) is 23.5. The molecule has 1 saturated carbocycles. The number of alkyl halides is 3. The summed E-state index contributed by atoms with van der Waals surface area (Å²) in [7, 11) is 0. The molecule has 6 atom stereocenters. The predicted molar refractivity (Wildman–Crippen MR) is 104 cm³/mol. The van der Waals surface area contributed by atoms with Crippen LogP contribution in [0.2, 0.25) is 0 Å². The number of carbonyl (C=O) groups is 2. The number of nitrogens with one attached hydrogen (secondary N) is 1. The minimum atomic E-state index is -1.96. The van der Waals surface area contributed by atoms with E-state index in [1.165, 1.54) is 0 Å². The summed E-state index contributed by atoms with van der Waals surface area (Å²) in [5, 5.41) is 6.35. The molecule has 2 heterocycles. The lowest BCUT2D eigenvalue weighted by atomic mass is 9.96. The molecule has 2 saturated heterocycles. The van der Waals surface area contributed by atoms with Crippen molar-refractivity contribution < 1.29 is 33.3 Å². The Balaban J connectivity index is 1.77. The second-order valence-corrected chi connectivity index (χ2v) is 9.49. The fourth-order valence-electron chi connectivity index (χ4n) is 3.79. The number of fused-ring (bicyclic) bond motifs is 1. The fourth-order valence-corrected chi connectivity index (χ4v) is 4.10. The van der Waals surface area contributed by atoms with Gasteiger partial charge in [-0.25, -0.2) is 4.79 Å². The second kappa shape index (κ2) is 10.4. The van der Waals surface area contributed by atoms with E-state index in [0.717, 1.165) is 32.1 Å². The van der Waals surface area contributed by atoms with E-state index in [0.29, 0.717) is 0 Å². The largest absolute Gasteiger partial charge is 0.465 e. The van der Waals surface area contributed by atoms with Gasteiger partial charge in [0.25, 0.3) is 6.47 Å². The number of hydrogen-bond acceptors (Lipinski definition) is 8. The highest BCUT2D eigenvalue weighted by Crippen LogP contribution is 2.43. The van der Waals surface area contributed by atoms with Gasteiger partial charge in [-0.05, 0) is 18.4 Å². The summed E-state index contributed by atoms with van der Waals surface area (Å²) in [4.78, 5) is 25.9. The molecule has 14 heteroatoms. The number of nitrogens with zero attached hydrogens (tertiary/aromatic N) is 3. The van der Waals surface area contributed by atoms with Crippen LogP contribution in [-0.4, -0.2) is 65.9 Å². The number of hydrogen-bond donors (Lipinski definition) is 1. The first-order valence-corrected chi connectivity index (χ1v) is 10.6. The van der Waals surface area contributed by atoms with Crippen molar-refractivity contribution in [2.24, 2.45) is 5.11 Å². The Morgan fingerprint density at radius 2 is 1.90 bits per heavy atom. The molecule has 30 heavy (non-hydrogen) atoms. The van der Waals surface area contributed by atoms with Gasteiger partial charge in [-0.2, -0.15) is 0 Å². The predicted octanol–water partition coefficient (Wildman–Crippen LogP) is 3.10. The van der Waals surface area contributed by atoms with Gasteiger partial charge >= 0.3 is 6.09 Å². The molecule has 168 valence electrons. The molecule has 1 N–H and O–H groups in total. The van der Waals surface area contributed by atoms with Crippen LogP contribution in [0.5, 0.6) is 0 Å². The van der Waals surface area contributed by atoms with E-state index in [2.05, 4.69) is 15.3 Å². The lowest BCUT2D eigenvalue weighted by Crippen LogP contribution is -2.59. The van der Waals surface area contributed by atoms with E-state index >= 15 is 0 Å². The van der Waals surface area contributed by atoms with Crippen LogP contribution in [-0.2, 0) is 28.5 Å². The fraction of sp³-hybridized carbons (Fsp3) is 0.875. The summed E-state index contributed by atoms with van der Waals surface area (Å²) >= 11 is 17.6. The van der Waals surface area contributed by atoms with Crippen LogP contribution in [0.1, 0.15) is 32.1 Å². The summed E-state index contributed by atoms with van der Waals surface area (Å²) in [6.07, 6.45) is -2.40. The van der Waals surface area contributed by atoms with Gasteiger partial charge < -0.3 is 29.0 Å². The maximum absolute atomic E-state index is 12.5. The Kier molecular flexibility index (Phi) is 8.14. The molecule has 0 aromatic heterocycles. The van der Waals surface area contributed by atoms with E-state index in [1.807, 2.05) is 0 Å². The van der Waals surface area contributed by atoms with Crippen LogP contribution in [0.4, 0.5) is 4.79 Å². The molecule has 0 radical (unpaired) electrons. The Morgan fingerprint density at radius 3 is 2.53 bits per heavy atom. The van der Waals surface area contributed by atoms with Gasteiger partial charge in [0.15, 0.2) is 12.3 Å². The Morgan fingerprint density at radius 1 is 1.20 bits per heavy atom. The van der Waals surface area contributed by atoms with E-state index < -0.39 is 46.8 Å². The number of alkyl carbamates (subject to hydrolysis) is 1. The molecular weight excluding hydrogens is 467 g/mol. The van der Waals surface area contributed by atoms with Crippen LogP contribution >= 0.6 is 34.8 Å². The number of halogens is 3. The van der Waals surface area contributed by atoms with E-state index in [-0.39, 0.29) is 19.1 Å². The highest BCUT2D eigenvalue weighted by molar-refractivity contribution is 6.67. The molecule has 0 spiro atoms. The maximum atomic E-state index is 12.5. The van der Waals surface area contributed by atoms with Crippen molar-refractivity contribution in [3.05, 3.63) is 10.4 Å². The third-order valence-electron chi connectivity index (χ3n) is 5.10. The lowest BCUT2D eigenvalue weighted by Gasteiger charge is -2.39. The van der Waals surface area contributed by atoms with Crippen molar-refractivity contribution >= 4 is 47.4 Å². The molecule has 11 nitrogen and oxygen atoms in total. The van der Waals surface area contributed by atoms with Crippen molar-refractivity contribution in [1.82, 2.24) is 5.32 Å². The summed E-state index contributed by atoms with van der Waals surface area (Å²) in [6.45, 7) is -0.0688. The number of rotatable bonds is 6. The first-order chi connectivity index (χ1) is 14.3. The van der Waals surface area contributed by atoms with Gasteiger partial charge in [0.1, 0.15) is 24.9 Å². The van der Waals surface area contributed by atoms with Crippen LogP contribution in [0.15, 0.2) is 5.11 Å². The van der Waals surface area contributed by atoms with Crippen LogP contribution in [0.3, 0.4) is 0 Å². The molecule has 0 bridgehead atoms. The summed E-state index contributed by atoms with van der Waals surface area (Å²) in [6, 6.07) is 0.00170. The lowest BCUT2D eigenvalue weighted by molar-refractivity contribution is -0.198. The van der Waals surface area contributed by atoms with Gasteiger partial charge in [-0.15, -0.1) is 0 Å². The van der Waals surface area contributed by atoms with Gasteiger partial charge in [0.05, 0.1) is 0 Å². The van der Waals surface area contributed by atoms with E-state index in [4.69, 9.17) is 64.0 Å². The smallest absolute Gasteiger partial charge is 0.407 e. The summed E-state index contributed by atoms with van der Waals surface area (Å²) in [5.41, 5.74) is 8.84. The zero-order valence-electron chi connectivity index (χ0n) is 15.7. The average molecular weight is 488 g/mol. The third-order valence-corrected chi connectivity index (χ3v) is 5.64. The molecule has 3 fully saturated rings. The van der Waals surface area contributed by atoms with E-state index in [1.54, 1.807) is 0 Å². The standard InChI is InChI=1S/C16H21Cl3N4O7/c17-16(18,19)14-28-11-10(30-15(25)21-8-4-2-1-3-5-8)9(6-26-7-24)27-13(22-23-20)12(11)29-14/h7-14H,1-6H2,(H,21,25)/t9-,10+,11-,12-,13-,14+/m1/s1. The minimum Gasteiger partial charge on any atom is -0.465 e. The Labute approximate surface area is 187 Å². The quantitative estimate of drug-likeness (QED) is 0.199. The molecule has 0 aromatic rings. The molecule has 1 aliphatic carbocycles. The molecule has 3 rings (SSSR count). The molecule has 0 unspecified atom stereocenters. The monoisotopic (exact) mass is 486 g/mol. The number of azide groups is 1. The van der Waals surface area contributed by atoms with Crippen molar-refractivity contribution in [3.63, 3.8) is 0 Å². The Hall–Kier alpha value is -1.20. The topological polar surface area (TPSA) is 141 Å². The number of ether oxygens (including phenoxy) is 5. The van der Waals surface area contributed by atoms with Crippen molar-refractivity contribution in [2.45, 2.75) is 78.9 Å². The number of carbonyl (C=O) groups excluding carboxylic acids is 2. The summed E-state index contributed by atoms with van der Waals surface area (Å²) in [5.74, 6) is 0. The normalized spacial score (nSPS) is 34.4. The second-order valence-electron chi connectivity index (χ2n) is 7.12. The van der Waals surface area contributed by atoms with Crippen molar-refractivity contribution in [1.29, 1.82) is 0 Å². The average Bonchev–Trinajstić information content (AvgIpc) is 3.16. The SMILES string of the molecule is [N-]=[N+]=N[C@@H]1O[C@H](COC=O)[C@H](OC(=O)NC2CCCCC2)[C@H]2O[C@H](C(Cl)(Cl)Cl)O[C@H]21. The van der Waals surface area contributed by atoms with Crippen LogP contribution in [0, 0.1) is 0 Å². The molecule has 0 aromatic carbocycles. The zero-order chi connectivity index (χ0) is 21.7. The van der Waals surface area contributed by atoms with Gasteiger partial charge in [-0.3, -0.25) is 4.79 Å².